The molecule has 1 spiro atoms. The summed E-state index contributed by atoms with van der Waals surface area (Å²) in [7, 11) is 0. The second kappa shape index (κ2) is 6.54. The van der Waals surface area contributed by atoms with Crippen LogP contribution in [0.2, 0.25) is 0 Å². The molecule has 0 bridgehead atoms. The lowest BCUT2D eigenvalue weighted by atomic mass is 9.71. The molecule has 28 heavy (non-hydrogen) atoms. The molecule has 2 aliphatic heterocycles. The van der Waals surface area contributed by atoms with Gasteiger partial charge in [0, 0.05) is 18.8 Å². The third-order valence-corrected chi connectivity index (χ3v) is 6.73. The van der Waals surface area contributed by atoms with Crippen molar-refractivity contribution in [3.8, 4) is 0 Å². The second-order valence-corrected chi connectivity index (χ2v) is 8.44. The standard InChI is InChI=1S/C21H26O7/c1-9-5-15(26-19(24)10(2)8-22)17-18(16-12(4)14(23)6-13(9)16)27-20(25)21(17)7-11(3)28-21/h11,13-18,22-23H,1-2,4-8H2,3H3. The van der Waals surface area contributed by atoms with Gasteiger partial charge in [0.05, 0.1) is 30.3 Å². The number of carbonyl (C=O) groups excluding carboxylic acids is 2. The Morgan fingerprint density at radius 2 is 2.07 bits per heavy atom. The summed E-state index contributed by atoms with van der Waals surface area (Å²) in [6.07, 6.45) is -0.856. The molecule has 4 fully saturated rings. The fourth-order valence-electron chi connectivity index (χ4n) is 5.45. The molecule has 4 aliphatic rings. The second-order valence-electron chi connectivity index (χ2n) is 8.44. The van der Waals surface area contributed by atoms with Gasteiger partial charge in [0.2, 0.25) is 0 Å². The van der Waals surface area contributed by atoms with Gasteiger partial charge < -0.3 is 24.4 Å². The van der Waals surface area contributed by atoms with Gasteiger partial charge in [-0.1, -0.05) is 25.3 Å². The number of hydrogen-bond acceptors (Lipinski definition) is 7. The molecule has 2 saturated heterocycles. The minimum atomic E-state index is -1.17. The lowest BCUT2D eigenvalue weighted by Gasteiger charge is -2.46. The molecule has 2 aliphatic carbocycles. The van der Waals surface area contributed by atoms with E-state index in [-0.39, 0.29) is 23.5 Å². The first-order valence-corrected chi connectivity index (χ1v) is 9.62. The minimum Gasteiger partial charge on any atom is -0.459 e. The first-order valence-electron chi connectivity index (χ1n) is 9.62. The molecule has 0 radical (unpaired) electrons. The van der Waals surface area contributed by atoms with E-state index in [2.05, 4.69) is 19.7 Å². The van der Waals surface area contributed by atoms with Crippen LogP contribution in [0.15, 0.2) is 36.5 Å². The van der Waals surface area contributed by atoms with Gasteiger partial charge in [-0.3, -0.25) is 0 Å². The van der Waals surface area contributed by atoms with Gasteiger partial charge in [0.25, 0.3) is 0 Å². The highest BCUT2D eigenvalue weighted by molar-refractivity contribution is 5.88. The number of aliphatic hydroxyl groups is 2. The molecule has 2 heterocycles. The Hall–Kier alpha value is -1.96. The van der Waals surface area contributed by atoms with E-state index in [0.717, 1.165) is 5.57 Å². The van der Waals surface area contributed by atoms with Crippen molar-refractivity contribution in [2.75, 3.05) is 6.61 Å². The largest absolute Gasteiger partial charge is 0.459 e. The van der Waals surface area contributed by atoms with Crippen LogP contribution in [-0.2, 0) is 23.8 Å². The van der Waals surface area contributed by atoms with E-state index >= 15 is 0 Å². The van der Waals surface area contributed by atoms with Crippen molar-refractivity contribution in [2.24, 2.45) is 17.8 Å². The van der Waals surface area contributed by atoms with Crippen LogP contribution >= 0.6 is 0 Å². The van der Waals surface area contributed by atoms with E-state index in [1.165, 1.54) is 0 Å². The number of rotatable bonds is 3. The number of esters is 2. The maximum atomic E-state index is 12.8. The summed E-state index contributed by atoms with van der Waals surface area (Å²) < 4.78 is 17.4. The SMILES string of the molecule is C=C(CO)C(=O)OC1CC(=C)C2CC(O)C(=C)C2C2OC(=O)C3(CC(C)O3)C12. The van der Waals surface area contributed by atoms with Crippen LogP contribution in [0.25, 0.3) is 0 Å². The van der Waals surface area contributed by atoms with E-state index in [4.69, 9.17) is 14.2 Å². The average Bonchev–Trinajstić information content (AvgIpc) is 3.04. The summed E-state index contributed by atoms with van der Waals surface area (Å²) in [6, 6.07) is 0. The Morgan fingerprint density at radius 3 is 2.68 bits per heavy atom. The Kier molecular flexibility index (Phi) is 4.52. The van der Waals surface area contributed by atoms with Crippen LogP contribution in [-0.4, -0.2) is 58.8 Å². The van der Waals surface area contributed by atoms with E-state index in [9.17, 15) is 19.8 Å². The molecule has 152 valence electrons. The topological polar surface area (TPSA) is 102 Å². The molecule has 0 aromatic heterocycles. The minimum absolute atomic E-state index is 0.0615. The lowest BCUT2D eigenvalue weighted by molar-refractivity contribution is -0.228. The normalized spacial score (nSPS) is 44.4. The Bertz CT molecular complexity index is 763. The van der Waals surface area contributed by atoms with Crippen LogP contribution in [0, 0.1) is 17.8 Å². The zero-order chi connectivity index (χ0) is 20.4. The highest BCUT2D eigenvalue weighted by Crippen LogP contribution is 2.58. The van der Waals surface area contributed by atoms with Gasteiger partial charge in [-0.15, -0.1) is 0 Å². The summed E-state index contributed by atoms with van der Waals surface area (Å²) in [5.74, 6) is -2.12. The molecule has 8 unspecified atom stereocenters. The van der Waals surface area contributed by atoms with Gasteiger partial charge in [-0.05, 0) is 24.8 Å². The summed E-state index contributed by atoms with van der Waals surface area (Å²) in [6.45, 7) is 13.1. The predicted molar refractivity (Wildman–Crippen MR) is 97.9 cm³/mol. The molecule has 8 atom stereocenters. The molecule has 2 saturated carbocycles. The van der Waals surface area contributed by atoms with Gasteiger partial charge in [-0.2, -0.15) is 0 Å². The van der Waals surface area contributed by atoms with Crippen molar-refractivity contribution in [3.05, 3.63) is 36.5 Å². The molecular weight excluding hydrogens is 364 g/mol. The van der Waals surface area contributed by atoms with Crippen LogP contribution in [0.4, 0.5) is 0 Å². The van der Waals surface area contributed by atoms with E-state index < -0.39 is 48.4 Å². The van der Waals surface area contributed by atoms with Gasteiger partial charge in [-0.25, -0.2) is 9.59 Å². The average molecular weight is 390 g/mol. The number of aliphatic hydroxyl groups excluding tert-OH is 2. The van der Waals surface area contributed by atoms with Crippen molar-refractivity contribution in [3.63, 3.8) is 0 Å². The maximum Gasteiger partial charge on any atom is 0.339 e. The number of hydrogen-bond donors (Lipinski definition) is 2. The maximum absolute atomic E-state index is 12.8. The van der Waals surface area contributed by atoms with Crippen molar-refractivity contribution in [1.82, 2.24) is 0 Å². The Morgan fingerprint density at radius 1 is 1.39 bits per heavy atom. The summed E-state index contributed by atoms with van der Waals surface area (Å²) >= 11 is 0. The Balaban J connectivity index is 1.74. The van der Waals surface area contributed by atoms with E-state index in [0.29, 0.717) is 24.8 Å². The van der Waals surface area contributed by atoms with Crippen LogP contribution in [0.1, 0.15) is 26.2 Å². The first kappa shape index (κ1) is 19.4. The summed E-state index contributed by atoms with van der Waals surface area (Å²) in [4.78, 5) is 25.2. The fourth-order valence-corrected chi connectivity index (χ4v) is 5.45. The van der Waals surface area contributed by atoms with Crippen molar-refractivity contribution in [2.45, 2.75) is 56.2 Å². The van der Waals surface area contributed by atoms with Crippen molar-refractivity contribution >= 4 is 11.9 Å². The third-order valence-electron chi connectivity index (χ3n) is 6.73. The Labute approximate surface area is 163 Å². The molecule has 0 amide bonds. The summed E-state index contributed by atoms with van der Waals surface area (Å²) in [5, 5.41) is 19.5. The molecular formula is C21H26O7. The number of ether oxygens (including phenoxy) is 3. The molecule has 7 nitrogen and oxygen atoms in total. The third kappa shape index (κ3) is 2.60. The molecule has 4 rings (SSSR count). The first-order chi connectivity index (χ1) is 13.2. The van der Waals surface area contributed by atoms with Gasteiger partial charge in [0.15, 0.2) is 5.60 Å². The zero-order valence-corrected chi connectivity index (χ0v) is 15.9. The van der Waals surface area contributed by atoms with Gasteiger partial charge in [0.1, 0.15) is 12.2 Å². The quantitative estimate of drug-likeness (QED) is 0.422. The number of carbonyl (C=O) groups is 2. The zero-order valence-electron chi connectivity index (χ0n) is 15.9. The number of fused-ring (bicyclic) bond motifs is 4. The lowest BCUT2D eigenvalue weighted by Crippen LogP contribution is -2.60. The highest BCUT2D eigenvalue weighted by atomic mass is 16.6. The van der Waals surface area contributed by atoms with Crippen molar-refractivity contribution < 1.29 is 34.0 Å². The highest BCUT2D eigenvalue weighted by Gasteiger charge is 2.70. The van der Waals surface area contributed by atoms with Crippen LogP contribution < -0.4 is 0 Å². The van der Waals surface area contributed by atoms with E-state index in [1.54, 1.807) is 0 Å². The van der Waals surface area contributed by atoms with Crippen molar-refractivity contribution in [1.29, 1.82) is 0 Å². The summed E-state index contributed by atoms with van der Waals surface area (Å²) in [5.41, 5.74) is 0.209. The monoisotopic (exact) mass is 390 g/mol. The smallest absolute Gasteiger partial charge is 0.339 e. The molecule has 0 aromatic rings. The predicted octanol–water partition coefficient (Wildman–Crippen LogP) is 1.05. The van der Waals surface area contributed by atoms with Gasteiger partial charge >= 0.3 is 11.9 Å². The molecule has 0 aromatic carbocycles. The van der Waals surface area contributed by atoms with Crippen LogP contribution in [0.3, 0.4) is 0 Å². The molecule has 2 N–H and O–H groups in total. The van der Waals surface area contributed by atoms with Crippen LogP contribution in [0.5, 0.6) is 0 Å². The fraction of sp³-hybridized carbons (Fsp3) is 0.619. The molecule has 7 heteroatoms. The van der Waals surface area contributed by atoms with E-state index in [1.807, 2.05) is 6.92 Å².